The number of nitrogen functional groups attached to an aromatic ring is 1. The highest BCUT2D eigenvalue weighted by Gasteiger charge is 2.16. The zero-order valence-electron chi connectivity index (χ0n) is 11.1. The standard InChI is InChI=1S/C12H16ClN5O3/c13-8-2-1-7(14)3-9(8)17-12(21)6-18(4-10(15)19)5-11(16)20/h1-3H,4-6,14H2,(H2,15,19)(H2,16,20)(H,17,21). The topological polar surface area (TPSA) is 145 Å². The molecule has 1 aromatic rings. The van der Waals surface area contributed by atoms with Crippen LogP contribution < -0.4 is 22.5 Å². The number of carbonyl (C=O) groups excluding carboxylic acids is 3. The smallest absolute Gasteiger partial charge is 0.238 e. The van der Waals surface area contributed by atoms with Crippen molar-refractivity contribution in [3.63, 3.8) is 0 Å². The minimum absolute atomic E-state index is 0.239. The van der Waals surface area contributed by atoms with E-state index in [1.807, 2.05) is 0 Å². The van der Waals surface area contributed by atoms with Crippen molar-refractivity contribution in [1.82, 2.24) is 4.90 Å². The number of nitrogens with one attached hydrogen (secondary N) is 1. The fourth-order valence-corrected chi connectivity index (χ4v) is 1.80. The summed E-state index contributed by atoms with van der Waals surface area (Å²) in [6, 6.07) is 4.62. The molecule has 114 valence electrons. The number of hydrogen-bond donors (Lipinski definition) is 4. The Labute approximate surface area is 126 Å². The third kappa shape index (κ3) is 6.11. The van der Waals surface area contributed by atoms with E-state index in [2.05, 4.69) is 5.32 Å². The molecular formula is C12H16ClN5O3. The molecule has 3 amide bonds. The van der Waals surface area contributed by atoms with E-state index < -0.39 is 17.7 Å². The van der Waals surface area contributed by atoms with Gasteiger partial charge in [0.15, 0.2) is 0 Å². The molecular weight excluding hydrogens is 298 g/mol. The second-order valence-corrected chi connectivity index (χ2v) is 4.77. The summed E-state index contributed by atoms with van der Waals surface area (Å²) in [4.78, 5) is 34.9. The van der Waals surface area contributed by atoms with Gasteiger partial charge in [0.1, 0.15) is 0 Å². The first kappa shape index (κ1) is 16.7. The van der Waals surface area contributed by atoms with E-state index in [4.69, 9.17) is 28.8 Å². The molecule has 8 nitrogen and oxygen atoms in total. The van der Waals surface area contributed by atoms with E-state index in [-0.39, 0.29) is 19.6 Å². The SMILES string of the molecule is NC(=O)CN(CC(N)=O)CC(=O)Nc1cc(N)ccc1Cl. The second-order valence-electron chi connectivity index (χ2n) is 4.37. The van der Waals surface area contributed by atoms with Gasteiger partial charge in [0.05, 0.1) is 30.3 Å². The summed E-state index contributed by atoms with van der Waals surface area (Å²) in [7, 11) is 0. The predicted molar refractivity (Wildman–Crippen MR) is 79.3 cm³/mol. The highest BCUT2D eigenvalue weighted by atomic mass is 35.5. The minimum Gasteiger partial charge on any atom is -0.399 e. The Morgan fingerprint density at radius 1 is 1.10 bits per heavy atom. The molecule has 7 N–H and O–H groups in total. The summed E-state index contributed by atoms with van der Waals surface area (Å²) < 4.78 is 0. The van der Waals surface area contributed by atoms with E-state index in [0.717, 1.165) is 0 Å². The summed E-state index contributed by atoms with van der Waals surface area (Å²) in [6.07, 6.45) is 0. The molecule has 0 heterocycles. The molecule has 0 radical (unpaired) electrons. The maximum absolute atomic E-state index is 11.9. The maximum atomic E-state index is 11.9. The van der Waals surface area contributed by atoms with Crippen LogP contribution in [-0.4, -0.2) is 42.3 Å². The highest BCUT2D eigenvalue weighted by Crippen LogP contribution is 2.23. The first-order chi connectivity index (χ1) is 9.77. The first-order valence-electron chi connectivity index (χ1n) is 5.91. The zero-order valence-corrected chi connectivity index (χ0v) is 11.9. The van der Waals surface area contributed by atoms with Crippen molar-refractivity contribution in [1.29, 1.82) is 0 Å². The van der Waals surface area contributed by atoms with Crippen molar-refractivity contribution >= 4 is 40.7 Å². The Balaban J connectivity index is 2.70. The average Bonchev–Trinajstić information content (AvgIpc) is 2.31. The van der Waals surface area contributed by atoms with Gasteiger partial charge in [0, 0.05) is 5.69 Å². The second kappa shape index (κ2) is 7.46. The van der Waals surface area contributed by atoms with Crippen LogP contribution in [0.2, 0.25) is 5.02 Å². The quantitative estimate of drug-likeness (QED) is 0.484. The van der Waals surface area contributed by atoms with Gasteiger partial charge >= 0.3 is 0 Å². The monoisotopic (exact) mass is 313 g/mol. The fraction of sp³-hybridized carbons (Fsp3) is 0.250. The molecule has 0 saturated heterocycles. The molecule has 0 unspecified atom stereocenters. The predicted octanol–water partition coefficient (Wildman–Crippen LogP) is -0.867. The van der Waals surface area contributed by atoms with Crippen LogP contribution in [-0.2, 0) is 14.4 Å². The number of halogens is 1. The van der Waals surface area contributed by atoms with E-state index in [9.17, 15) is 14.4 Å². The Hall–Kier alpha value is -2.32. The summed E-state index contributed by atoms with van der Waals surface area (Å²) in [5.74, 6) is -1.83. The van der Waals surface area contributed by atoms with E-state index in [1.165, 1.54) is 17.0 Å². The van der Waals surface area contributed by atoms with Crippen LogP contribution in [0.4, 0.5) is 11.4 Å². The molecule has 0 atom stereocenters. The number of amides is 3. The van der Waals surface area contributed by atoms with Gasteiger partial charge in [-0.1, -0.05) is 11.6 Å². The highest BCUT2D eigenvalue weighted by molar-refractivity contribution is 6.33. The Morgan fingerprint density at radius 2 is 1.67 bits per heavy atom. The van der Waals surface area contributed by atoms with Crippen molar-refractivity contribution in [2.75, 3.05) is 30.7 Å². The number of nitrogens with zero attached hydrogens (tertiary/aromatic N) is 1. The lowest BCUT2D eigenvalue weighted by Crippen LogP contribution is -2.43. The van der Waals surface area contributed by atoms with Crippen LogP contribution in [0.3, 0.4) is 0 Å². The molecule has 9 heteroatoms. The number of benzene rings is 1. The van der Waals surface area contributed by atoms with Crippen molar-refractivity contribution in [3.05, 3.63) is 23.2 Å². The van der Waals surface area contributed by atoms with Gasteiger partial charge in [-0.15, -0.1) is 0 Å². The van der Waals surface area contributed by atoms with Gasteiger partial charge < -0.3 is 22.5 Å². The molecule has 0 fully saturated rings. The first-order valence-corrected chi connectivity index (χ1v) is 6.29. The molecule has 0 aromatic heterocycles. The molecule has 21 heavy (non-hydrogen) atoms. The number of carbonyl (C=O) groups is 3. The van der Waals surface area contributed by atoms with E-state index in [1.54, 1.807) is 6.07 Å². The van der Waals surface area contributed by atoms with Crippen molar-refractivity contribution in [2.45, 2.75) is 0 Å². The molecule has 1 rings (SSSR count). The summed E-state index contributed by atoms with van der Waals surface area (Å²) in [5, 5.41) is 2.85. The van der Waals surface area contributed by atoms with Gasteiger partial charge in [0.2, 0.25) is 17.7 Å². The lowest BCUT2D eigenvalue weighted by atomic mass is 10.2. The molecule has 0 spiro atoms. The zero-order chi connectivity index (χ0) is 16.0. The van der Waals surface area contributed by atoms with Gasteiger partial charge in [0.25, 0.3) is 0 Å². The third-order valence-electron chi connectivity index (χ3n) is 2.39. The van der Waals surface area contributed by atoms with Gasteiger partial charge in [-0.3, -0.25) is 19.3 Å². The van der Waals surface area contributed by atoms with E-state index in [0.29, 0.717) is 16.4 Å². The van der Waals surface area contributed by atoms with Crippen LogP contribution in [0.25, 0.3) is 0 Å². The summed E-state index contributed by atoms with van der Waals surface area (Å²) >= 11 is 5.91. The van der Waals surface area contributed by atoms with Gasteiger partial charge in [-0.25, -0.2) is 0 Å². The number of rotatable bonds is 7. The normalized spacial score (nSPS) is 10.4. The Kier molecular flexibility index (Phi) is 5.94. The van der Waals surface area contributed by atoms with Crippen molar-refractivity contribution < 1.29 is 14.4 Å². The molecule has 0 bridgehead atoms. The van der Waals surface area contributed by atoms with Crippen LogP contribution >= 0.6 is 11.6 Å². The van der Waals surface area contributed by atoms with Gasteiger partial charge in [-0.2, -0.15) is 0 Å². The van der Waals surface area contributed by atoms with Crippen LogP contribution in [0.1, 0.15) is 0 Å². The Morgan fingerprint density at radius 3 is 2.19 bits per heavy atom. The van der Waals surface area contributed by atoms with Crippen LogP contribution in [0.15, 0.2) is 18.2 Å². The lowest BCUT2D eigenvalue weighted by Gasteiger charge is -2.18. The number of primary amides is 2. The Bertz CT molecular complexity index is 548. The van der Waals surface area contributed by atoms with E-state index >= 15 is 0 Å². The minimum atomic E-state index is -0.675. The number of anilines is 2. The third-order valence-corrected chi connectivity index (χ3v) is 2.72. The molecule has 0 saturated carbocycles. The van der Waals surface area contributed by atoms with Crippen molar-refractivity contribution in [2.24, 2.45) is 11.5 Å². The summed E-state index contributed by atoms with van der Waals surface area (Å²) in [5.41, 5.74) is 16.4. The van der Waals surface area contributed by atoms with Crippen LogP contribution in [0, 0.1) is 0 Å². The van der Waals surface area contributed by atoms with Crippen LogP contribution in [0.5, 0.6) is 0 Å². The fourth-order valence-electron chi connectivity index (χ4n) is 1.64. The van der Waals surface area contributed by atoms with Crippen molar-refractivity contribution in [3.8, 4) is 0 Å². The molecule has 0 aliphatic heterocycles. The molecule has 0 aliphatic carbocycles. The lowest BCUT2D eigenvalue weighted by molar-refractivity contribution is -0.123. The molecule has 0 aliphatic rings. The van der Waals surface area contributed by atoms with Gasteiger partial charge in [-0.05, 0) is 18.2 Å². The average molecular weight is 314 g/mol. The largest absolute Gasteiger partial charge is 0.399 e. The maximum Gasteiger partial charge on any atom is 0.238 e. The summed E-state index contributed by atoms with van der Waals surface area (Å²) in [6.45, 7) is -0.765. The number of hydrogen-bond acceptors (Lipinski definition) is 5. The number of nitrogens with two attached hydrogens (primary N) is 3. The molecule has 1 aromatic carbocycles.